The molecule has 0 spiro atoms. The second-order valence-electron chi connectivity index (χ2n) is 9.38. The highest BCUT2D eigenvalue weighted by Crippen LogP contribution is 2.33. The third-order valence-corrected chi connectivity index (χ3v) is 8.18. The molecule has 0 atom stereocenters. The summed E-state index contributed by atoms with van der Waals surface area (Å²) in [7, 11) is 0. The normalized spacial score (nSPS) is 21.2. The summed E-state index contributed by atoms with van der Waals surface area (Å²) < 4.78 is 5.01. The van der Waals surface area contributed by atoms with Crippen molar-refractivity contribution in [2.75, 3.05) is 52.4 Å². The zero-order chi connectivity index (χ0) is 23.2. The van der Waals surface area contributed by atoms with Crippen LogP contribution in [0.5, 0.6) is 0 Å². The molecule has 1 aromatic rings. The van der Waals surface area contributed by atoms with Crippen LogP contribution in [0.25, 0.3) is 0 Å². The average Bonchev–Trinajstić information content (AvgIpc) is 3.35. The Hall–Kier alpha value is -2.00. The SMILES string of the molecule is CCOC(=O)CN1CCN(C(=O)c2csc(C3CCN(C(=O)C4CCCCC4)CC3)n2)CC1. The molecule has 3 fully saturated rings. The zero-order valence-electron chi connectivity index (χ0n) is 19.7. The largest absolute Gasteiger partial charge is 0.465 e. The Morgan fingerprint density at radius 2 is 1.67 bits per heavy atom. The van der Waals surface area contributed by atoms with Crippen LogP contribution in [0.2, 0.25) is 0 Å². The summed E-state index contributed by atoms with van der Waals surface area (Å²) in [5, 5.41) is 2.89. The maximum absolute atomic E-state index is 13.0. The fourth-order valence-corrected chi connectivity index (χ4v) is 6.15. The third-order valence-electron chi connectivity index (χ3n) is 7.17. The number of likely N-dealkylation sites (tertiary alicyclic amines) is 1. The highest BCUT2D eigenvalue weighted by molar-refractivity contribution is 7.09. The number of thiazole rings is 1. The van der Waals surface area contributed by atoms with E-state index in [2.05, 4.69) is 4.90 Å². The highest BCUT2D eigenvalue weighted by atomic mass is 32.1. The molecule has 9 heteroatoms. The molecular formula is C24H36N4O4S. The maximum atomic E-state index is 13.0. The summed E-state index contributed by atoms with van der Waals surface area (Å²) in [5.74, 6) is 0.668. The number of ether oxygens (including phenoxy) is 1. The van der Waals surface area contributed by atoms with Crippen molar-refractivity contribution in [2.45, 2.75) is 57.8 Å². The lowest BCUT2D eigenvalue weighted by molar-refractivity contribution is -0.144. The number of piperidine rings is 1. The molecule has 4 rings (SSSR count). The Labute approximate surface area is 200 Å². The molecule has 33 heavy (non-hydrogen) atoms. The first kappa shape index (κ1) is 24.1. The minimum Gasteiger partial charge on any atom is -0.465 e. The van der Waals surface area contributed by atoms with Crippen LogP contribution in [0.4, 0.5) is 0 Å². The number of hydrogen-bond acceptors (Lipinski definition) is 7. The molecule has 0 N–H and O–H groups in total. The molecule has 0 radical (unpaired) electrons. The Balaban J connectivity index is 1.24. The topological polar surface area (TPSA) is 83.0 Å². The molecule has 1 saturated carbocycles. The molecule has 3 aliphatic rings. The van der Waals surface area contributed by atoms with Crippen LogP contribution in [-0.2, 0) is 14.3 Å². The van der Waals surface area contributed by atoms with E-state index in [0.29, 0.717) is 50.3 Å². The van der Waals surface area contributed by atoms with Gasteiger partial charge in [0.15, 0.2) is 0 Å². The fraction of sp³-hybridized carbons (Fsp3) is 0.750. The van der Waals surface area contributed by atoms with Crippen molar-refractivity contribution >= 4 is 29.1 Å². The molecule has 1 aromatic heterocycles. The predicted molar refractivity (Wildman–Crippen MR) is 126 cm³/mol. The van der Waals surface area contributed by atoms with Crippen molar-refractivity contribution in [3.8, 4) is 0 Å². The number of aromatic nitrogens is 1. The van der Waals surface area contributed by atoms with Crippen molar-refractivity contribution in [2.24, 2.45) is 5.92 Å². The minimum absolute atomic E-state index is 0.0294. The second-order valence-corrected chi connectivity index (χ2v) is 10.3. The summed E-state index contributed by atoms with van der Waals surface area (Å²) in [6.07, 6.45) is 7.58. The van der Waals surface area contributed by atoms with E-state index in [4.69, 9.17) is 9.72 Å². The highest BCUT2D eigenvalue weighted by Gasteiger charge is 2.31. The van der Waals surface area contributed by atoms with Crippen molar-refractivity contribution in [1.82, 2.24) is 19.7 Å². The lowest BCUT2D eigenvalue weighted by Gasteiger charge is -2.34. The van der Waals surface area contributed by atoms with Gasteiger partial charge in [0, 0.05) is 56.5 Å². The van der Waals surface area contributed by atoms with Crippen molar-refractivity contribution in [3.05, 3.63) is 16.1 Å². The monoisotopic (exact) mass is 476 g/mol. The van der Waals surface area contributed by atoms with Gasteiger partial charge in [0.05, 0.1) is 18.2 Å². The van der Waals surface area contributed by atoms with Crippen molar-refractivity contribution in [1.29, 1.82) is 0 Å². The van der Waals surface area contributed by atoms with E-state index in [9.17, 15) is 14.4 Å². The number of nitrogens with zero attached hydrogens (tertiary/aromatic N) is 4. The number of esters is 1. The average molecular weight is 477 g/mol. The van der Waals surface area contributed by atoms with E-state index < -0.39 is 0 Å². The van der Waals surface area contributed by atoms with Gasteiger partial charge in [-0.2, -0.15) is 0 Å². The van der Waals surface area contributed by atoms with E-state index in [1.807, 2.05) is 15.2 Å². The molecule has 2 aliphatic heterocycles. The van der Waals surface area contributed by atoms with Gasteiger partial charge in [-0.1, -0.05) is 19.3 Å². The summed E-state index contributed by atoms with van der Waals surface area (Å²) in [4.78, 5) is 48.0. The first-order valence-electron chi connectivity index (χ1n) is 12.5. The number of piperazine rings is 1. The molecule has 8 nitrogen and oxygen atoms in total. The van der Waals surface area contributed by atoms with E-state index in [0.717, 1.165) is 43.8 Å². The number of hydrogen-bond donors (Lipinski definition) is 0. The molecule has 182 valence electrons. The minimum atomic E-state index is -0.215. The van der Waals surface area contributed by atoms with Gasteiger partial charge in [-0.25, -0.2) is 4.98 Å². The van der Waals surface area contributed by atoms with Gasteiger partial charge in [-0.3, -0.25) is 19.3 Å². The van der Waals surface area contributed by atoms with Crippen LogP contribution in [0, 0.1) is 5.92 Å². The van der Waals surface area contributed by atoms with Crippen LogP contribution in [0.1, 0.15) is 73.3 Å². The van der Waals surface area contributed by atoms with Crippen LogP contribution in [0.15, 0.2) is 5.38 Å². The van der Waals surface area contributed by atoms with Crippen LogP contribution in [0.3, 0.4) is 0 Å². The summed E-state index contributed by atoms with van der Waals surface area (Å²) in [5.41, 5.74) is 0.523. The first-order chi connectivity index (χ1) is 16.0. The van der Waals surface area contributed by atoms with Gasteiger partial charge in [-0.05, 0) is 32.6 Å². The third kappa shape index (κ3) is 6.12. The van der Waals surface area contributed by atoms with E-state index in [1.54, 1.807) is 18.3 Å². The second kappa shape index (κ2) is 11.4. The van der Waals surface area contributed by atoms with Crippen LogP contribution in [-0.4, -0.2) is 89.9 Å². The van der Waals surface area contributed by atoms with Gasteiger partial charge in [0.1, 0.15) is 5.69 Å². The summed E-state index contributed by atoms with van der Waals surface area (Å²) in [6, 6.07) is 0. The number of carbonyl (C=O) groups excluding carboxylic acids is 3. The number of rotatable bonds is 6. The Bertz CT molecular complexity index is 822. The maximum Gasteiger partial charge on any atom is 0.320 e. The molecule has 3 heterocycles. The smallest absolute Gasteiger partial charge is 0.320 e. The summed E-state index contributed by atoms with van der Waals surface area (Å²) in [6.45, 7) is 6.56. The van der Waals surface area contributed by atoms with Crippen LogP contribution < -0.4 is 0 Å². The van der Waals surface area contributed by atoms with Gasteiger partial charge >= 0.3 is 5.97 Å². The van der Waals surface area contributed by atoms with E-state index >= 15 is 0 Å². The lowest BCUT2D eigenvalue weighted by atomic mass is 9.87. The quantitative estimate of drug-likeness (QED) is 0.587. The molecule has 0 aromatic carbocycles. The molecule has 0 bridgehead atoms. The lowest BCUT2D eigenvalue weighted by Crippen LogP contribution is -2.50. The van der Waals surface area contributed by atoms with Gasteiger partial charge in [-0.15, -0.1) is 11.3 Å². The Morgan fingerprint density at radius 3 is 2.33 bits per heavy atom. The van der Waals surface area contributed by atoms with Crippen molar-refractivity contribution in [3.63, 3.8) is 0 Å². The Kier molecular flexibility index (Phi) is 8.35. The van der Waals surface area contributed by atoms with Gasteiger partial charge in [0.25, 0.3) is 5.91 Å². The zero-order valence-corrected chi connectivity index (χ0v) is 20.5. The van der Waals surface area contributed by atoms with Crippen LogP contribution >= 0.6 is 11.3 Å². The molecule has 1 aliphatic carbocycles. The first-order valence-corrected chi connectivity index (χ1v) is 13.3. The molecule has 0 unspecified atom stereocenters. The molecule has 2 amide bonds. The number of carbonyl (C=O) groups is 3. The number of amides is 2. The van der Waals surface area contributed by atoms with E-state index in [-0.39, 0.29) is 24.3 Å². The molecular weight excluding hydrogens is 440 g/mol. The standard InChI is InChI=1S/C24H36N4O4S/c1-2-32-21(29)16-26-12-14-28(15-13-26)24(31)20-17-33-22(25-20)18-8-10-27(11-9-18)23(30)19-6-4-3-5-7-19/h17-19H,2-16H2,1H3. The molecule has 2 saturated heterocycles. The van der Waals surface area contributed by atoms with Gasteiger partial charge in [0.2, 0.25) is 5.91 Å². The Morgan fingerprint density at radius 1 is 0.970 bits per heavy atom. The van der Waals surface area contributed by atoms with Crippen molar-refractivity contribution < 1.29 is 19.1 Å². The summed E-state index contributed by atoms with van der Waals surface area (Å²) >= 11 is 1.57. The van der Waals surface area contributed by atoms with E-state index in [1.165, 1.54) is 19.3 Å². The van der Waals surface area contributed by atoms with Gasteiger partial charge < -0.3 is 14.5 Å². The fourth-order valence-electron chi connectivity index (χ4n) is 5.19. The predicted octanol–water partition coefficient (Wildman–Crippen LogP) is 2.75.